The van der Waals surface area contributed by atoms with Crippen LogP contribution in [0.5, 0.6) is 5.75 Å². The molecule has 0 spiro atoms. The molecule has 2 rings (SSSR count). The van der Waals surface area contributed by atoms with E-state index in [1.807, 2.05) is 0 Å². The number of benzene rings is 2. The molecule has 0 atom stereocenters. The van der Waals surface area contributed by atoms with E-state index in [4.69, 9.17) is 51.1 Å². The summed E-state index contributed by atoms with van der Waals surface area (Å²) in [5.41, 5.74) is 0.775. The summed E-state index contributed by atoms with van der Waals surface area (Å²) in [6, 6.07) is 7.98. The lowest BCUT2D eigenvalue weighted by Gasteiger charge is -2.12. The first kappa shape index (κ1) is 22.4. The number of esters is 2. The Labute approximate surface area is 181 Å². The highest BCUT2D eigenvalue weighted by atomic mass is 35.5. The van der Waals surface area contributed by atoms with Gasteiger partial charge in [0.2, 0.25) is 0 Å². The zero-order chi connectivity index (χ0) is 20.8. The van der Waals surface area contributed by atoms with Crippen molar-refractivity contribution in [2.75, 3.05) is 14.2 Å². The first-order valence-corrected chi connectivity index (χ1v) is 9.22. The molecule has 0 unspecified atom stereocenters. The van der Waals surface area contributed by atoms with Gasteiger partial charge in [-0.15, -0.1) is 0 Å². The average molecular weight is 464 g/mol. The van der Waals surface area contributed by atoms with Gasteiger partial charge in [-0.2, -0.15) is 0 Å². The lowest BCUT2D eigenvalue weighted by molar-refractivity contribution is -0.143. The van der Waals surface area contributed by atoms with Gasteiger partial charge in [0.05, 0.1) is 24.3 Å². The van der Waals surface area contributed by atoms with Crippen molar-refractivity contribution in [1.82, 2.24) is 0 Å². The Hall–Kier alpha value is -1.92. The second kappa shape index (κ2) is 10.0. The van der Waals surface area contributed by atoms with Crippen molar-refractivity contribution in [3.8, 4) is 5.75 Å². The van der Waals surface area contributed by atoms with Crippen LogP contribution in [0.1, 0.15) is 11.1 Å². The van der Waals surface area contributed by atoms with E-state index in [-0.39, 0.29) is 28.0 Å². The van der Waals surface area contributed by atoms with E-state index in [0.717, 1.165) is 14.2 Å². The molecule has 0 aliphatic heterocycles. The molecular weight excluding hydrogens is 450 g/mol. The van der Waals surface area contributed by atoms with Crippen molar-refractivity contribution in [3.05, 3.63) is 67.1 Å². The lowest BCUT2D eigenvalue weighted by Crippen LogP contribution is -2.15. The van der Waals surface area contributed by atoms with Crippen molar-refractivity contribution in [2.24, 2.45) is 0 Å². The van der Waals surface area contributed by atoms with Gasteiger partial charge < -0.3 is 14.2 Å². The van der Waals surface area contributed by atoms with Gasteiger partial charge in [0.1, 0.15) is 12.2 Å². The largest absolute Gasteiger partial charge is 0.486 e. The molecule has 0 aliphatic carbocycles. The summed E-state index contributed by atoms with van der Waals surface area (Å²) in [5.74, 6) is -1.47. The quantitative estimate of drug-likeness (QED) is 0.241. The summed E-state index contributed by atoms with van der Waals surface area (Å²) >= 11 is 24.5. The van der Waals surface area contributed by atoms with Crippen LogP contribution >= 0.6 is 46.4 Å². The van der Waals surface area contributed by atoms with Gasteiger partial charge in [0, 0.05) is 15.6 Å². The molecule has 0 saturated carbocycles. The third-order valence-electron chi connectivity index (χ3n) is 3.53. The third kappa shape index (κ3) is 5.55. The minimum atomic E-state index is -0.850. The number of methoxy groups -OCH3 is 2. The third-order valence-corrected chi connectivity index (χ3v) is 4.68. The van der Waals surface area contributed by atoms with Crippen LogP contribution in [0, 0.1) is 0 Å². The van der Waals surface area contributed by atoms with E-state index in [0.29, 0.717) is 21.2 Å². The van der Waals surface area contributed by atoms with Crippen LogP contribution in [0.3, 0.4) is 0 Å². The van der Waals surface area contributed by atoms with Gasteiger partial charge in [-0.25, -0.2) is 9.59 Å². The Morgan fingerprint density at radius 1 is 0.893 bits per heavy atom. The van der Waals surface area contributed by atoms with Gasteiger partial charge in [0.15, 0.2) is 5.75 Å². The zero-order valence-electron chi connectivity index (χ0n) is 14.7. The van der Waals surface area contributed by atoms with E-state index < -0.39 is 11.9 Å². The topological polar surface area (TPSA) is 61.8 Å². The Balaban J connectivity index is 2.30. The highest BCUT2D eigenvalue weighted by Gasteiger charge is 2.20. The second-order valence-electron chi connectivity index (χ2n) is 5.38. The molecule has 2 aromatic rings. The Kier molecular flexibility index (Phi) is 8.01. The molecule has 0 saturated heterocycles. The SMILES string of the molecule is COC(=O)C(=Cc1cc(Cl)c(OCc2ccc(Cl)cc2Cl)c(Cl)c1)C(=O)OC. The fourth-order valence-electron chi connectivity index (χ4n) is 2.18. The summed E-state index contributed by atoms with van der Waals surface area (Å²) in [4.78, 5) is 23.5. The fourth-order valence-corrected chi connectivity index (χ4v) is 3.25. The molecule has 0 aromatic heterocycles. The van der Waals surface area contributed by atoms with Crippen LogP contribution < -0.4 is 4.74 Å². The standard InChI is InChI=1S/C19H14Cl4O5/c1-26-18(24)13(19(25)27-2)5-10-6-15(22)17(16(23)7-10)28-9-11-3-4-12(20)8-14(11)21/h3-8H,9H2,1-2H3. The van der Waals surface area contributed by atoms with Gasteiger partial charge in [-0.1, -0.05) is 52.5 Å². The molecule has 0 fully saturated rings. The van der Waals surface area contributed by atoms with E-state index in [2.05, 4.69) is 9.47 Å². The molecule has 5 nitrogen and oxygen atoms in total. The average Bonchev–Trinajstić information content (AvgIpc) is 2.65. The normalized spacial score (nSPS) is 10.2. The summed E-state index contributed by atoms with van der Waals surface area (Å²) in [5, 5.41) is 1.31. The van der Waals surface area contributed by atoms with Gasteiger partial charge in [-0.05, 0) is 35.9 Å². The molecule has 0 amide bonds. The summed E-state index contributed by atoms with van der Waals surface area (Å²) in [7, 11) is 2.30. The number of carbonyl (C=O) groups excluding carboxylic acids is 2. The number of rotatable bonds is 6. The maximum atomic E-state index is 11.8. The lowest BCUT2D eigenvalue weighted by atomic mass is 10.1. The fraction of sp³-hybridized carbons (Fsp3) is 0.158. The van der Waals surface area contributed by atoms with Gasteiger partial charge in [-0.3, -0.25) is 0 Å². The zero-order valence-corrected chi connectivity index (χ0v) is 17.7. The molecule has 0 N–H and O–H groups in total. The number of hydrogen-bond donors (Lipinski definition) is 0. The molecule has 9 heteroatoms. The predicted octanol–water partition coefficient (Wildman–Crippen LogP) is 5.61. The Bertz CT molecular complexity index is 899. The van der Waals surface area contributed by atoms with Crippen molar-refractivity contribution in [2.45, 2.75) is 6.61 Å². The smallest absolute Gasteiger partial charge is 0.345 e. The van der Waals surface area contributed by atoms with Crippen molar-refractivity contribution in [1.29, 1.82) is 0 Å². The monoisotopic (exact) mass is 462 g/mol. The van der Waals surface area contributed by atoms with E-state index in [1.54, 1.807) is 18.2 Å². The highest BCUT2D eigenvalue weighted by Crippen LogP contribution is 2.36. The second-order valence-corrected chi connectivity index (χ2v) is 7.04. The first-order chi connectivity index (χ1) is 13.3. The number of halogens is 4. The van der Waals surface area contributed by atoms with Crippen LogP contribution in [-0.4, -0.2) is 26.2 Å². The minimum absolute atomic E-state index is 0.111. The molecule has 148 valence electrons. The number of hydrogen-bond acceptors (Lipinski definition) is 5. The maximum Gasteiger partial charge on any atom is 0.345 e. The highest BCUT2D eigenvalue weighted by molar-refractivity contribution is 6.37. The van der Waals surface area contributed by atoms with Crippen LogP contribution in [0.15, 0.2) is 35.9 Å². The molecule has 2 aromatic carbocycles. The van der Waals surface area contributed by atoms with Crippen molar-refractivity contribution >= 4 is 64.4 Å². The first-order valence-electron chi connectivity index (χ1n) is 7.71. The van der Waals surface area contributed by atoms with Crippen LogP contribution in [0.2, 0.25) is 20.1 Å². The summed E-state index contributed by atoms with van der Waals surface area (Å²) in [6.45, 7) is 0.111. The summed E-state index contributed by atoms with van der Waals surface area (Å²) in [6.07, 6.45) is 1.26. The molecule has 0 aliphatic rings. The Morgan fingerprint density at radius 3 is 1.96 bits per heavy atom. The molecule has 0 radical (unpaired) electrons. The van der Waals surface area contributed by atoms with Crippen LogP contribution in [0.4, 0.5) is 0 Å². The van der Waals surface area contributed by atoms with Crippen molar-refractivity contribution < 1.29 is 23.8 Å². The molecule has 0 bridgehead atoms. The van der Waals surface area contributed by atoms with E-state index in [1.165, 1.54) is 18.2 Å². The number of ether oxygens (including phenoxy) is 3. The van der Waals surface area contributed by atoms with E-state index in [9.17, 15) is 9.59 Å². The molecular formula is C19H14Cl4O5. The number of carbonyl (C=O) groups is 2. The van der Waals surface area contributed by atoms with Crippen LogP contribution in [0.25, 0.3) is 6.08 Å². The molecule has 28 heavy (non-hydrogen) atoms. The predicted molar refractivity (Wildman–Crippen MR) is 109 cm³/mol. The maximum absolute atomic E-state index is 11.8. The summed E-state index contributed by atoms with van der Waals surface area (Å²) < 4.78 is 14.8. The van der Waals surface area contributed by atoms with Crippen molar-refractivity contribution in [3.63, 3.8) is 0 Å². The van der Waals surface area contributed by atoms with Gasteiger partial charge >= 0.3 is 11.9 Å². The van der Waals surface area contributed by atoms with Gasteiger partial charge in [0.25, 0.3) is 0 Å². The molecule has 0 heterocycles. The van der Waals surface area contributed by atoms with Crippen LogP contribution in [-0.2, 0) is 25.7 Å². The minimum Gasteiger partial charge on any atom is -0.486 e. The Morgan fingerprint density at radius 2 is 1.46 bits per heavy atom. The van der Waals surface area contributed by atoms with E-state index >= 15 is 0 Å².